The van der Waals surface area contributed by atoms with Crippen molar-refractivity contribution >= 4 is 5.91 Å². The Balaban J connectivity index is 2.03. The van der Waals surface area contributed by atoms with Crippen LogP contribution in [0.3, 0.4) is 0 Å². The smallest absolute Gasteiger partial charge is 0.220 e. The molecule has 0 aromatic rings. The van der Waals surface area contributed by atoms with Gasteiger partial charge < -0.3 is 16.2 Å². The van der Waals surface area contributed by atoms with Crippen LogP contribution in [0.15, 0.2) is 0 Å². The van der Waals surface area contributed by atoms with Crippen LogP contribution in [0.4, 0.5) is 0 Å². The predicted molar refractivity (Wildman–Crippen MR) is 45.2 cm³/mol. The van der Waals surface area contributed by atoms with Crippen molar-refractivity contribution in [1.29, 1.82) is 0 Å². The van der Waals surface area contributed by atoms with E-state index < -0.39 is 6.23 Å². The number of nitrogens with two attached hydrogens (primary N) is 1. The van der Waals surface area contributed by atoms with E-state index in [2.05, 4.69) is 5.32 Å². The molecule has 1 aliphatic carbocycles. The van der Waals surface area contributed by atoms with Crippen molar-refractivity contribution in [3.63, 3.8) is 0 Å². The second-order valence-corrected chi connectivity index (χ2v) is 3.37. The average molecular weight is 172 g/mol. The van der Waals surface area contributed by atoms with Crippen molar-refractivity contribution in [3.8, 4) is 0 Å². The first-order chi connectivity index (χ1) is 5.68. The van der Waals surface area contributed by atoms with Gasteiger partial charge in [0, 0.05) is 6.42 Å². The van der Waals surface area contributed by atoms with Gasteiger partial charge in [-0.15, -0.1) is 0 Å². The van der Waals surface area contributed by atoms with Crippen LogP contribution in [0.1, 0.15) is 25.7 Å². The van der Waals surface area contributed by atoms with E-state index in [1.807, 2.05) is 0 Å². The van der Waals surface area contributed by atoms with Gasteiger partial charge in [0.1, 0.15) is 6.23 Å². The van der Waals surface area contributed by atoms with E-state index in [1.165, 1.54) is 19.3 Å². The minimum atomic E-state index is -0.935. The quantitative estimate of drug-likeness (QED) is 0.504. The molecule has 1 amide bonds. The third-order valence-corrected chi connectivity index (χ3v) is 2.21. The van der Waals surface area contributed by atoms with E-state index >= 15 is 0 Å². The molecule has 1 fully saturated rings. The van der Waals surface area contributed by atoms with Crippen LogP contribution in [0.25, 0.3) is 0 Å². The number of carbonyl (C=O) groups is 1. The summed E-state index contributed by atoms with van der Waals surface area (Å²) in [5.41, 5.74) is 5.06. The van der Waals surface area contributed by atoms with E-state index in [9.17, 15) is 4.79 Å². The van der Waals surface area contributed by atoms with Gasteiger partial charge in [0.2, 0.25) is 5.91 Å². The Hall–Kier alpha value is -0.610. The number of hydrogen-bond acceptors (Lipinski definition) is 3. The summed E-state index contributed by atoms with van der Waals surface area (Å²) in [5.74, 6) is 0.573. The van der Waals surface area contributed by atoms with Gasteiger partial charge in [-0.2, -0.15) is 0 Å². The van der Waals surface area contributed by atoms with Gasteiger partial charge in [0.05, 0.1) is 6.54 Å². The molecule has 12 heavy (non-hydrogen) atoms. The lowest BCUT2D eigenvalue weighted by Crippen LogP contribution is -2.38. The third kappa shape index (κ3) is 3.19. The Morgan fingerprint density at radius 2 is 2.33 bits per heavy atom. The Morgan fingerprint density at radius 3 is 2.75 bits per heavy atom. The number of rotatable bonds is 4. The predicted octanol–water partition coefficient (Wildman–Crippen LogP) is -0.430. The molecule has 1 rings (SSSR count). The van der Waals surface area contributed by atoms with Crippen LogP contribution in [0, 0.1) is 5.92 Å². The largest absolute Gasteiger partial charge is 0.377 e. The van der Waals surface area contributed by atoms with E-state index in [0.29, 0.717) is 12.3 Å². The zero-order valence-electron chi connectivity index (χ0n) is 7.12. The second-order valence-electron chi connectivity index (χ2n) is 3.37. The average Bonchev–Trinajstić information content (AvgIpc) is 1.93. The van der Waals surface area contributed by atoms with E-state index in [1.54, 1.807) is 0 Å². The molecule has 0 bridgehead atoms. The Kier molecular flexibility index (Phi) is 3.49. The van der Waals surface area contributed by atoms with Gasteiger partial charge in [-0.1, -0.05) is 6.42 Å². The normalized spacial score (nSPS) is 19.8. The summed E-state index contributed by atoms with van der Waals surface area (Å²) >= 11 is 0. The lowest BCUT2D eigenvalue weighted by Gasteiger charge is -2.24. The molecule has 0 aromatic carbocycles. The highest BCUT2D eigenvalue weighted by Crippen LogP contribution is 2.28. The molecule has 0 radical (unpaired) electrons. The molecular formula is C8H16N2O2. The van der Waals surface area contributed by atoms with Gasteiger partial charge in [-0.05, 0) is 18.8 Å². The van der Waals surface area contributed by atoms with Crippen molar-refractivity contribution in [2.24, 2.45) is 11.7 Å². The Morgan fingerprint density at radius 1 is 1.67 bits per heavy atom. The molecule has 4 nitrogen and oxygen atoms in total. The summed E-state index contributed by atoms with van der Waals surface area (Å²) in [5, 5.41) is 11.2. The van der Waals surface area contributed by atoms with Gasteiger partial charge in [0.25, 0.3) is 0 Å². The SMILES string of the molecule is NC(O)CNC(=O)CC1CCC1. The molecule has 1 aliphatic rings. The molecule has 1 unspecified atom stereocenters. The van der Waals surface area contributed by atoms with Crippen molar-refractivity contribution < 1.29 is 9.90 Å². The number of amides is 1. The summed E-state index contributed by atoms with van der Waals surface area (Å²) in [4.78, 5) is 11.1. The monoisotopic (exact) mass is 172 g/mol. The van der Waals surface area contributed by atoms with Crippen molar-refractivity contribution in [2.75, 3.05) is 6.54 Å². The topological polar surface area (TPSA) is 75.3 Å². The minimum Gasteiger partial charge on any atom is -0.377 e. The van der Waals surface area contributed by atoms with Gasteiger partial charge in [-0.25, -0.2) is 0 Å². The summed E-state index contributed by atoms with van der Waals surface area (Å²) in [6.07, 6.45) is 3.23. The molecule has 4 heteroatoms. The van der Waals surface area contributed by atoms with Crippen LogP contribution >= 0.6 is 0 Å². The molecule has 0 spiro atoms. The highest BCUT2D eigenvalue weighted by Gasteiger charge is 2.20. The highest BCUT2D eigenvalue weighted by atomic mass is 16.3. The zero-order valence-corrected chi connectivity index (χ0v) is 7.12. The summed E-state index contributed by atoms with van der Waals surface area (Å²) in [7, 11) is 0. The lowest BCUT2D eigenvalue weighted by atomic mass is 9.83. The first-order valence-electron chi connectivity index (χ1n) is 4.39. The standard InChI is InChI=1S/C8H16N2O2/c9-7(11)5-10-8(12)4-6-2-1-3-6/h6-7,11H,1-5,9H2,(H,10,12). The first kappa shape index (κ1) is 9.48. The molecule has 0 heterocycles. The highest BCUT2D eigenvalue weighted by molar-refractivity contribution is 5.76. The summed E-state index contributed by atoms with van der Waals surface area (Å²) in [6.45, 7) is 0.158. The molecule has 0 aliphatic heterocycles. The van der Waals surface area contributed by atoms with Gasteiger partial charge >= 0.3 is 0 Å². The molecule has 0 aromatic heterocycles. The summed E-state index contributed by atoms with van der Waals surface area (Å²) in [6, 6.07) is 0. The van der Waals surface area contributed by atoms with Crippen LogP contribution in [0.5, 0.6) is 0 Å². The molecule has 1 saturated carbocycles. The zero-order chi connectivity index (χ0) is 8.97. The molecule has 1 atom stereocenters. The maximum Gasteiger partial charge on any atom is 0.220 e. The second kappa shape index (κ2) is 4.42. The Labute approximate surface area is 72.1 Å². The van der Waals surface area contributed by atoms with Gasteiger partial charge in [0.15, 0.2) is 0 Å². The number of aliphatic hydroxyl groups excluding tert-OH is 1. The molecular weight excluding hydrogens is 156 g/mol. The number of aliphatic hydroxyl groups is 1. The fourth-order valence-corrected chi connectivity index (χ4v) is 1.25. The number of carbonyl (C=O) groups excluding carboxylic acids is 1. The minimum absolute atomic E-state index is 0.00389. The lowest BCUT2D eigenvalue weighted by molar-refractivity contribution is -0.123. The fraction of sp³-hybridized carbons (Fsp3) is 0.875. The summed E-state index contributed by atoms with van der Waals surface area (Å²) < 4.78 is 0. The van der Waals surface area contributed by atoms with Crippen LogP contribution in [-0.2, 0) is 4.79 Å². The van der Waals surface area contributed by atoms with E-state index in [0.717, 1.165) is 0 Å². The van der Waals surface area contributed by atoms with E-state index in [-0.39, 0.29) is 12.5 Å². The number of hydrogen-bond donors (Lipinski definition) is 3. The first-order valence-corrected chi connectivity index (χ1v) is 4.39. The van der Waals surface area contributed by atoms with E-state index in [4.69, 9.17) is 10.8 Å². The van der Waals surface area contributed by atoms with Crippen LogP contribution in [0.2, 0.25) is 0 Å². The molecule has 0 saturated heterocycles. The van der Waals surface area contributed by atoms with Crippen molar-refractivity contribution in [2.45, 2.75) is 31.9 Å². The van der Waals surface area contributed by atoms with Gasteiger partial charge in [-0.3, -0.25) is 4.79 Å². The fourth-order valence-electron chi connectivity index (χ4n) is 1.25. The van der Waals surface area contributed by atoms with Crippen molar-refractivity contribution in [1.82, 2.24) is 5.32 Å². The maximum atomic E-state index is 11.1. The van der Waals surface area contributed by atoms with Crippen molar-refractivity contribution in [3.05, 3.63) is 0 Å². The third-order valence-electron chi connectivity index (χ3n) is 2.21. The molecule has 4 N–H and O–H groups in total. The maximum absolute atomic E-state index is 11.1. The Bertz CT molecular complexity index is 155. The number of nitrogens with one attached hydrogen (secondary N) is 1. The molecule has 70 valence electrons. The van der Waals surface area contributed by atoms with Crippen LogP contribution < -0.4 is 11.1 Å². The van der Waals surface area contributed by atoms with Crippen LogP contribution in [-0.4, -0.2) is 23.8 Å².